The van der Waals surface area contributed by atoms with Gasteiger partial charge in [0.2, 0.25) is 5.91 Å². The number of aryl methyl sites for hydroxylation is 1. The van der Waals surface area contributed by atoms with Crippen LogP contribution in [0.15, 0.2) is 78.0 Å². The summed E-state index contributed by atoms with van der Waals surface area (Å²) in [5.41, 5.74) is 1.89. The van der Waals surface area contributed by atoms with E-state index < -0.39 is 6.04 Å². The summed E-state index contributed by atoms with van der Waals surface area (Å²) in [6.45, 7) is -0.102. The number of rotatable bonds is 5. The van der Waals surface area contributed by atoms with E-state index in [9.17, 15) is 9.59 Å². The Balaban J connectivity index is 1.66. The molecule has 140 valence electrons. The van der Waals surface area contributed by atoms with Gasteiger partial charge in [-0.2, -0.15) is 0 Å². The summed E-state index contributed by atoms with van der Waals surface area (Å²) in [6.07, 6.45) is 4.76. The van der Waals surface area contributed by atoms with Gasteiger partial charge in [0.25, 0.3) is 5.56 Å². The SMILES string of the molecule is Cn1ccnc1[C@H](NC(=O)Cn1c(=O)cnc2ccccc21)c1ccccc1. The molecule has 0 radical (unpaired) electrons. The van der Waals surface area contributed by atoms with Gasteiger partial charge in [-0.15, -0.1) is 0 Å². The molecule has 1 N–H and O–H groups in total. The second-order valence-electron chi connectivity index (χ2n) is 6.48. The molecule has 7 nitrogen and oxygen atoms in total. The molecule has 2 aromatic carbocycles. The van der Waals surface area contributed by atoms with Crippen LogP contribution in [0.25, 0.3) is 11.0 Å². The van der Waals surface area contributed by atoms with Gasteiger partial charge in [-0.3, -0.25) is 14.2 Å². The fourth-order valence-corrected chi connectivity index (χ4v) is 3.23. The van der Waals surface area contributed by atoms with E-state index in [1.165, 1.54) is 10.8 Å². The first-order chi connectivity index (χ1) is 13.6. The molecule has 0 unspecified atom stereocenters. The van der Waals surface area contributed by atoms with E-state index in [1.54, 1.807) is 12.3 Å². The molecular weight excluding hydrogens is 354 g/mol. The van der Waals surface area contributed by atoms with Crippen LogP contribution in [0.5, 0.6) is 0 Å². The number of imidazole rings is 1. The lowest BCUT2D eigenvalue weighted by atomic mass is 10.1. The van der Waals surface area contributed by atoms with Gasteiger partial charge in [0.05, 0.1) is 17.2 Å². The zero-order valence-corrected chi connectivity index (χ0v) is 15.3. The highest BCUT2D eigenvalue weighted by Gasteiger charge is 2.21. The monoisotopic (exact) mass is 373 g/mol. The minimum Gasteiger partial charge on any atom is -0.341 e. The lowest BCUT2D eigenvalue weighted by Crippen LogP contribution is -2.36. The number of benzene rings is 2. The summed E-state index contributed by atoms with van der Waals surface area (Å²) < 4.78 is 3.30. The van der Waals surface area contributed by atoms with Gasteiger partial charge in [-0.1, -0.05) is 42.5 Å². The largest absolute Gasteiger partial charge is 0.341 e. The maximum atomic E-state index is 12.9. The molecule has 2 heterocycles. The molecule has 0 aliphatic carbocycles. The molecule has 4 aromatic rings. The van der Waals surface area contributed by atoms with Crippen molar-refractivity contribution >= 4 is 16.9 Å². The molecule has 0 bridgehead atoms. The van der Waals surface area contributed by atoms with Crippen molar-refractivity contribution < 1.29 is 4.79 Å². The van der Waals surface area contributed by atoms with Gasteiger partial charge in [-0.05, 0) is 17.7 Å². The summed E-state index contributed by atoms with van der Waals surface area (Å²) in [6, 6.07) is 16.5. The number of carbonyl (C=O) groups excluding carboxylic acids is 1. The van der Waals surface area contributed by atoms with Crippen molar-refractivity contribution in [3.63, 3.8) is 0 Å². The van der Waals surface area contributed by atoms with Crippen molar-refractivity contribution in [1.82, 2.24) is 24.4 Å². The van der Waals surface area contributed by atoms with Crippen LogP contribution in [0.3, 0.4) is 0 Å². The number of fused-ring (bicyclic) bond motifs is 1. The number of hydrogen-bond acceptors (Lipinski definition) is 4. The van der Waals surface area contributed by atoms with E-state index in [0.717, 1.165) is 5.56 Å². The topological polar surface area (TPSA) is 81.8 Å². The van der Waals surface area contributed by atoms with Gasteiger partial charge in [0.1, 0.15) is 18.4 Å². The third-order valence-corrected chi connectivity index (χ3v) is 4.61. The van der Waals surface area contributed by atoms with E-state index in [-0.39, 0.29) is 18.0 Å². The van der Waals surface area contributed by atoms with Crippen LogP contribution in [0.1, 0.15) is 17.4 Å². The molecule has 0 aliphatic rings. The van der Waals surface area contributed by atoms with E-state index in [0.29, 0.717) is 16.9 Å². The number of nitrogens with zero attached hydrogens (tertiary/aromatic N) is 4. The van der Waals surface area contributed by atoms with Gasteiger partial charge >= 0.3 is 0 Å². The smallest absolute Gasteiger partial charge is 0.269 e. The third-order valence-electron chi connectivity index (χ3n) is 4.61. The second kappa shape index (κ2) is 7.48. The summed E-state index contributed by atoms with van der Waals surface area (Å²) in [4.78, 5) is 33.7. The Bertz CT molecular complexity index is 1180. The number of amides is 1. The minimum atomic E-state index is -0.419. The van der Waals surface area contributed by atoms with E-state index in [4.69, 9.17) is 0 Å². The summed E-state index contributed by atoms with van der Waals surface area (Å²) >= 11 is 0. The Kier molecular flexibility index (Phi) is 4.72. The Morgan fingerprint density at radius 1 is 1.07 bits per heavy atom. The lowest BCUT2D eigenvalue weighted by molar-refractivity contribution is -0.122. The quantitative estimate of drug-likeness (QED) is 0.580. The molecule has 1 atom stereocenters. The fourth-order valence-electron chi connectivity index (χ4n) is 3.23. The first kappa shape index (κ1) is 17.7. The van der Waals surface area contributed by atoms with E-state index in [1.807, 2.05) is 66.3 Å². The average molecular weight is 373 g/mol. The fraction of sp³-hybridized carbons (Fsp3) is 0.143. The van der Waals surface area contributed by atoms with Crippen LogP contribution in [0.2, 0.25) is 0 Å². The molecule has 0 saturated carbocycles. The van der Waals surface area contributed by atoms with E-state index >= 15 is 0 Å². The van der Waals surface area contributed by atoms with Crippen molar-refractivity contribution in [1.29, 1.82) is 0 Å². The zero-order chi connectivity index (χ0) is 19.5. The predicted molar refractivity (Wildman–Crippen MR) is 106 cm³/mol. The van der Waals surface area contributed by atoms with Crippen LogP contribution in [-0.2, 0) is 18.4 Å². The van der Waals surface area contributed by atoms with Crippen molar-refractivity contribution in [2.24, 2.45) is 7.05 Å². The highest BCUT2D eigenvalue weighted by Crippen LogP contribution is 2.20. The maximum absolute atomic E-state index is 12.9. The van der Waals surface area contributed by atoms with Crippen molar-refractivity contribution in [2.45, 2.75) is 12.6 Å². The summed E-state index contributed by atoms with van der Waals surface area (Å²) in [5.74, 6) is 0.432. The van der Waals surface area contributed by atoms with Gasteiger partial charge in [0, 0.05) is 19.4 Å². The standard InChI is InChI=1S/C21H19N5O2/c1-25-12-11-22-21(25)20(15-7-3-2-4-8-15)24-18(27)14-26-17-10-6-5-9-16(17)23-13-19(26)28/h2-13,20H,14H2,1H3,(H,24,27)/t20-/m1/s1. The molecule has 0 saturated heterocycles. The summed E-state index contributed by atoms with van der Waals surface area (Å²) in [5, 5.41) is 3.01. The maximum Gasteiger partial charge on any atom is 0.269 e. The highest BCUT2D eigenvalue weighted by molar-refractivity contribution is 5.80. The summed E-state index contributed by atoms with van der Waals surface area (Å²) in [7, 11) is 1.88. The van der Waals surface area contributed by atoms with Gasteiger partial charge in [-0.25, -0.2) is 9.97 Å². The molecule has 28 heavy (non-hydrogen) atoms. The highest BCUT2D eigenvalue weighted by atomic mass is 16.2. The average Bonchev–Trinajstić information content (AvgIpc) is 3.14. The Labute approximate surface area is 161 Å². The van der Waals surface area contributed by atoms with Crippen LogP contribution in [0, 0.1) is 0 Å². The number of hydrogen-bond donors (Lipinski definition) is 1. The van der Waals surface area contributed by atoms with Gasteiger partial charge < -0.3 is 9.88 Å². The molecule has 4 rings (SSSR count). The Morgan fingerprint density at radius 2 is 1.82 bits per heavy atom. The number of aromatic nitrogens is 4. The second-order valence-corrected chi connectivity index (χ2v) is 6.48. The predicted octanol–water partition coefficient (Wildman–Crippen LogP) is 2.04. The Hall–Kier alpha value is -3.74. The first-order valence-electron chi connectivity index (χ1n) is 8.89. The van der Waals surface area contributed by atoms with Crippen LogP contribution >= 0.6 is 0 Å². The van der Waals surface area contributed by atoms with E-state index in [2.05, 4.69) is 15.3 Å². The normalized spacial score (nSPS) is 12.0. The van der Waals surface area contributed by atoms with Crippen LogP contribution in [-0.4, -0.2) is 25.0 Å². The van der Waals surface area contributed by atoms with Crippen molar-refractivity contribution in [2.75, 3.05) is 0 Å². The Morgan fingerprint density at radius 3 is 2.57 bits per heavy atom. The van der Waals surface area contributed by atoms with Crippen LogP contribution in [0.4, 0.5) is 0 Å². The van der Waals surface area contributed by atoms with Crippen molar-refractivity contribution in [3.8, 4) is 0 Å². The number of carbonyl (C=O) groups is 1. The molecule has 2 aromatic heterocycles. The zero-order valence-electron chi connectivity index (χ0n) is 15.3. The minimum absolute atomic E-state index is 0.102. The van der Waals surface area contributed by atoms with Gasteiger partial charge in [0.15, 0.2) is 0 Å². The molecule has 0 aliphatic heterocycles. The van der Waals surface area contributed by atoms with Crippen molar-refractivity contribution in [3.05, 3.63) is 94.9 Å². The number of nitrogens with one attached hydrogen (secondary N) is 1. The molecule has 0 spiro atoms. The molecular formula is C21H19N5O2. The third kappa shape index (κ3) is 3.42. The molecule has 1 amide bonds. The molecule has 7 heteroatoms. The van der Waals surface area contributed by atoms with Crippen LogP contribution < -0.4 is 10.9 Å². The number of para-hydroxylation sites is 2. The first-order valence-corrected chi connectivity index (χ1v) is 8.89. The lowest BCUT2D eigenvalue weighted by Gasteiger charge is -2.20. The molecule has 0 fully saturated rings.